The summed E-state index contributed by atoms with van der Waals surface area (Å²) in [5.74, 6) is 1.58. The van der Waals surface area contributed by atoms with Gasteiger partial charge in [-0.25, -0.2) is 0 Å². The van der Waals surface area contributed by atoms with Gasteiger partial charge in [0.05, 0.1) is 7.11 Å². The molecule has 1 aliphatic heterocycles. The fourth-order valence-corrected chi connectivity index (χ4v) is 3.53. The van der Waals surface area contributed by atoms with Crippen molar-refractivity contribution in [1.29, 1.82) is 0 Å². The highest BCUT2D eigenvalue weighted by atomic mass is 16.5. The van der Waals surface area contributed by atoms with E-state index in [2.05, 4.69) is 23.2 Å². The standard InChI is InChI=1S/C21H22N2O3/c1-25-19-8-4-5-9-20(19)26-14-21(24)23-11-10-16(13-23)18-12-15-6-2-3-7-17(15)22-18/h2-9,12,16,22H,10-11,13-14H2,1H3. The van der Waals surface area contributed by atoms with Gasteiger partial charge in [-0.1, -0.05) is 30.3 Å². The summed E-state index contributed by atoms with van der Waals surface area (Å²) >= 11 is 0. The van der Waals surface area contributed by atoms with Gasteiger partial charge < -0.3 is 19.4 Å². The molecule has 1 N–H and O–H groups in total. The van der Waals surface area contributed by atoms with E-state index < -0.39 is 0 Å². The quantitative estimate of drug-likeness (QED) is 0.765. The van der Waals surface area contributed by atoms with Crippen LogP contribution in [0.25, 0.3) is 10.9 Å². The second-order valence-corrected chi connectivity index (χ2v) is 6.58. The van der Waals surface area contributed by atoms with Crippen LogP contribution in [0, 0.1) is 0 Å². The molecule has 1 fully saturated rings. The van der Waals surface area contributed by atoms with Crippen molar-refractivity contribution in [3.63, 3.8) is 0 Å². The van der Waals surface area contributed by atoms with Crippen molar-refractivity contribution in [3.05, 3.63) is 60.3 Å². The van der Waals surface area contributed by atoms with E-state index >= 15 is 0 Å². The van der Waals surface area contributed by atoms with Gasteiger partial charge in [0.1, 0.15) is 0 Å². The topological polar surface area (TPSA) is 54.6 Å². The Morgan fingerprint density at radius 1 is 1.15 bits per heavy atom. The molecule has 3 aromatic rings. The number of benzene rings is 2. The van der Waals surface area contributed by atoms with Crippen LogP contribution in [0.15, 0.2) is 54.6 Å². The summed E-state index contributed by atoms with van der Waals surface area (Å²) in [5.41, 5.74) is 2.35. The summed E-state index contributed by atoms with van der Waals surface area (Å²) in [6.07, 6.45) is 0.965. The van der Waals surface area contributed by atoms with Gasteiger partial charge in [-0.05, 0) is 36.1 Å². The number of nitrogens with zero attached hydrogens (tertiary/aromatic N) is 1. The highest BCUT2D eigenvalue weighted by molar-refractivity contribution is 5.81. The third-order valence-corrected chi connectivity index (χ3v) is 4.95. The molecule has 1 atom stereocenters. The van der Waals surface area contributed by atoms with E-state index in [0.29, 0.717) is 17.4 Å². The largest absolute Gasteiger partial charge is 0.493 e. The van der Waals surface area contributed by atoms with E-state index in [4.69, 9.17) is 9.47 Å². The normalized spacial score (nSPS) is 16.8. The summed E-state index contributed by atoms with van der Waals surface area (Å²) in [6.45, 7) is 1.51. The number of carbonyl (C=O) groups excluding carboxylic acids is 1. The number of ether oxygens (including phenoxy) is 2. The predicted octanol–water partition coefficient (Wildman–Crippen LogP) is 3.57. The number of fused-ring (bicyclic) bond motifs is 1. The molecule has 5 nitrogen and oxygen atoms in total. The number of aromatic nitrogens is 1. The Morgan fingerprint density at radius 2 is 1.92 bits per heavy atom. The molecule has 0 saturated carbocycles. The Bertz CT molecular complexity index is 885. The first-order valence-corrected chi connectivity index (χ1v) is 8.86. The van der Waals surface area contributed by atoms with Crippen LogP contribution in [-0.2, 0) is 4.79 Å². The van der Waals surface area contributed by atoms with Crippen LogP contribution in [0.3, 0.4) is 0 Å². The smallest absolute Gasteiger partial charge is 0.260 e. The van der Waals surface area contributed by atoms with Crippen LogP contribution in [0.2, 0.25) is 0 Å². The molecule has 1 saturated heterocycles. The first-order valence-electron chi connectivity index (χ1n) is 8.86. The van der Waals surface area contributed by atoms with Crippen molar-refractivity contribution in [1.82, 2.24) is 9.88 Å². The zero-order valence-corrected chi connectivity index (χ0v) is 14.8. The maximum absolute atomic E-state index is 12.5. The van der Waals surface area contributed by atoms with Gasteiger partial charge in [0.2, 0.25) is 0 Å². The van der Waals surface area contributed by atoms with Gasteiger partial charge in [-0.15, -0.1) is 0 Å². The number of carbonyl (C=O) groups is 1. The number of hydrogen-bond donors (Lipinski definition) is 1. The van der Waals surface area contributed by atoms with Crippen molar-refractivity contribution < 1.29 is 14.3 Å². The van der Waals surface area contributed by atoms with E-state index in [0.717, 1.165) is 25.0 Å². The average Bonchev–Trinajstić information content (AvgIpc) is 3.33. The number of nitrogens with one attached hydrogen (secondary N) is 1. The van der Waals surface area contributed by atoms with E-state index in [1.54, 1.807) is 7.11 Å². The van der Waals surface area contributed by atoms with Gasteiger partial charge >= 0.3 is 0 Å². The van der Waals surface area contributed by atoms with Gasteiger partial charge in [0, 0.05) is 30.2 Å². The molecule has 1 aromatic heterocycles. The lowest BCUT2D eigenvalue weighted by Gasteiger charge is -2.17. The molecule has 0 bridgehead atoms. The van der Waals surface area contributed by atoms with Crippen LogP contribution in [0.1, 0.15) is 18.0 Å². The number of methoxy groups -OCH3 is 1. The lowest BCUT2D eigenvalue weighted by molar-refractivity contribution is -0.132. The zero-order chi connectivity index (χ0) is 17.9. The lowest BCUT2D eigenvalue weighted by atomic mass is 10.1. The van der Waals surface area contributed by atoms with Gasteiger partial charge in [0.25, 0.3) is 5.91 Å². The monoisotopic (exact) mass is 350 g/mol. The number of rotatable bonds is 5. The Hall–Kier alpha value is -2.95. The van der Waals surface area contributed by atoms with Gasteiger partial charge in [-0.2, -0.15) is 0 Å². The Labute approximate surface area is 152 Å². The number of para-hydroxylation sites is 3. The second-order valence-electron chi connectivity index (χ2n) is 6.58. The highest BCUT2D eigenvalue weighted by Crippen LogP contribution is 2.30. The Kier molecular flexibility index (Phi) is 4.52. The fraction of sp³-hybridized carbons (Fsp3) is 0.286. The molecular weight excluding hydrogens is 328 g/mol. The highest BCUT2D eigenvalue weighted by Gasteiger charge is 2.28. The maximum Gasteiger partial charge on any atom is 0.260 e. The molecule has 1 amide bonds. The summed E-state index contributed by atoms with van der Waals surface area (Å²) < 4.78 is 10.9. The summed E-state index contributed by atoms with van der Waals surface area (Å²) in [6, 6.07) is 17.8. The molecule has 134 valence electrons. The molecule has 1 aliphatic rings. The van der Waals surface area contributed by atoms with Crippen molar-refractivity contribution in [3.8, 4) is 11.5 Å². The summed E-state index contributed by atoms with van der Waals surface area (Å²) in [4.78, 5) is 17.9. The van der Waals surface area contributed by atoms with E-state index in [1.165, 1.54) is 11.1 Å². The number of aromatic amines is 1. The predicted molar refractivity (Wildman–Crippen MR) is 101 cm³/mol. The van der Waals surface area contributed by atoms with Crippen LogP contribution in [0.5, 0.6) is 11.5 Å². The second kappa shape index (κ2) is 7.12. The molecule has 0 aliphatic carbocycles. The average molecular weight is 350 g/mol. The van der Waals surface area contributed by atoms with Crippen LogP contribution in [0.4, 0.5) is 0 Å². The van der Waals surface area contributed by atoms with Crippen LogP contribution >= 0.6 is 0 Å². The maximum atomic E-state index is 12.5. The van der Waals surface area contributed by atoms with Crippen molar-refractivity contribution in [2.45, 2.75) is 12.3 Å². The van der Waals surface area contributed by atoms with Crippen LogP contribution in [-0.4, -0.2) is 42.6 Å². The van der Waals surface area contributed by atoms with Crippen molar-refractivity contribution in [2.24, 2.45) is 0 Å². The van der Waals surface area contributed by atoms with Crippen molar-refractivity contribution >= 4 is 16.8 Å². The SMILES string of the molecule is COc1ccccc1OCC(=O)N1CCC(c2cc3ccccc3[nH]2)C1. The first-order chi connectivity index (χ1) is 12.7. The molecule has 2 aromatic carbocycles. The van der Waals surface area contributed by atoms with Crippen LogP contribution < -0.4 is 9.47 Å². The van der Waals surface area contributed by atoms with E-state index in [9.17, 15) is 4.79 Å². The Morgan fingerprint density at radius 3 is 2.73 bits per heavy atom. The third kappa shape index (κ3) is 3.25. The summed E-state index contributed by atoms with van der Waals surface area (Å²) in [5, 5.41) is 1.21. The minimum Gasteiger partial charge on any atom is -0.493 e. The molecule has 5 heteroatoms. The van der Waals surface area contributed by atoms with E-state index in [-0.39, 0.29) is 12.5 Å². The molecule has 4 rings (SSSR count). The minimum atomic E-state index is 0.00881. The number of hydrogen-bond acceptors (Lipinski definition) is 3. The molecule has 1 unspecified atom stereocenters. The number of likely N-dealkylation sites (tertiary alicyclic amines) is 1. The minimum absolute atomic E-state index is 0.00881. The number of H-pyrrole nitrogens is 1. The summed E-state index contributed by atoms with van der Waals surface area (Å²) in [7, 11) is 1.59. The van der Waals surface area contributed by atoms with Crippen molar-refractivity contribution in [2.75, 3.05) is 26.8 Å². The molecule has 26 heavy (non-hydrogen) atoms. The van der Waals surface area contributed by atoms with E-state index in [1.807, 2.05) is 41.3 Å². The number of amides is 1. The molecule has 0 radical (unpaired) electrons. The molecular formula is C21H22N2O3. The van der Waals surface area contributed by atoms with Gasteiger partial charge in [-0.3, -0.25) is 4.79 Å². The zero-order valence-electron chi connectivity index (χ0n) is 14.8. The fourth-order valence-electron chi connectivity index (χ4n) is 3.53. The lowest BCUT2D eigenvalue weighted by Crippen LogP contribution is -2.32. The Balaban J connectivity index is 1.38. The molecule has 2 heterocycles. The third-order valence-electron chi connectivity index (χ3n) is 4.95. The molecule has 0 spiro atoms. The van der Waals surface area contributed by atoms with Gasteiger partial charge in [0.15, 0.2) is 18.1 Å². The first kappa shape index (κ1) is 16.5.